The number of rotatable bonds is 1. The quantitative estimate of drug-likeness (QED) is 0.493. The molecule has 0 spiro atoms. The summed E-state index contributed by atoms with van der Waals surface area (Å²) in [6.45, 7) is 1.67. The van der Waals surface area contributed by atoms with Gasteiger partial charge in [-0.05, 0) is 13.0 Å². The molecule has 0 aromatic heterocycles. The molecular weight excluding hydrogens is 145 g/mol. The predicted octanol–water partition coefficient (Wildman–Crippen LogP) is -0.613. The molecule has 0 aromatic carbocycles. The fourth-order valence-corrected chi connectivity index (χ4v) is 0.838. The molecule has 1 heterocycles. The van der Waals surface area contributed by atoms with Crippen molar-refractivity contribution < 1.29 is 14.8 Å². The van der Waals surface area contributed by atoms with Gasteiger partial charge in [0.1, 0.15) is 0 Å². The van der Waals surface area contributed by atoms with Crippen LogP contribution in [0, 0.1) is 0 Å². The smallest absolute Gasteiger partial charge is 0.426 e. The topological polar surface area (TPSA) is 69.9 Å². The third-order valence-corrected chi connectivity index (χ3v) is 1.44. The molecule has 1 unspecified atom stereocenters. The summed E-state index contributed by atoms with van der Waals surface area (Å²) in [6, 6.07) is 0. The second kappa shape index (κ2) is 2.98. The second-order valence-corrected chi connectivity index (χ2v) is 2.39. The van der Waals surface area contributed by atoms with Crippen LogP contribution in [0.15, 0.2) is 17.1 Å². The Morgan fingerprint density at radius 3 is 2.73 bits per heavy atom. The van der Waals surface area contributed by atoms with Crippen LogP contribution in [0.4, 0.5) is 0 Å². The molecule has 1 aliphatic heterocycles. The summed E-state index contributed by atoms with van der Waals surface area (Å²) >= 11 is 0. The Morgan fingerprint density at radius 2 is 2.27 bits per heavy atom. The lowest BCUT2D eigenvalue weighted by atomic mass is 9.71. The third kappa shape index (κ3) is 1.75. The Bertz CT molecular complexity index is 234. The van der Waals surface area contributed by atoms with Crippen molar-refractivity contribution in [2.45, 2.75) is 12.7 Å². The lowest BCUT2D eigenvalue weighted by Crippen LogP contribution is -2.26. The van der Waals surface area contributed by atoms with E-state index in [1.807, 2.05) is 0 Å². The largest absolute Gasteiger partial charge is 0.468 e. The normalized spacial score (nSPS) is 23.4. The average Bonchev–Trinajstić information content (AvgIpc) is 1.85. The second-order valence-electron chi connectivity index (χ2n) is 2.39. The predicted molar refractivity (Wildman–Crippen MR) is 41.2 cm³/mol. The number of allylic oxidation sites excluding steroid dienone is 1. The molecule has 1 rings (SSSR count). The summed E-state index contributed by atoms with van der Waals surface area (Å²) in [5, 5.41) is 17.3. The van der Waals surface area contributed by atoms with Crippen LogP contribution in [0.5, 0.6) is 0 Å². The number of carbonyl (C=O) groups excluding carboxylic acids is 1. The number of hydrogen-bond acceptors (Lipinski definition) is 3. The molecule has 0 aliphatic carbocycles. The SMILES string of the molecule is CC1=NC(=O)C(B(O)O)C=C1. The maximum atomic E-state index is 10.9. The Labute approximate surface area is 64.4 Å². The van der Waals surface area contributed by atoms with Gasteiger partial charge >= 0.3 is 7.12 Å². The van der Waals surface area contributed by atoms with Crippen molar-refractivity contribution >= 4 is 18.7 Å². The maximum absolute atomic E-state index is 10.9. The zero-order valence-corrected chi connectivity index (χ0v) is 6.06. The van der Waals surface area contributed by atoms with E-state index in [-0.39, 0.29) is 0 Å². The van der Waals surface area contributed by atoms with E-state index in [9.17, 15) is 4.79 Å². The Hall–Kier alpha value is -0.935. The van der Waals surface area contributed by atoms with E-state index in [1.54, 1.807) is 13.0 Å². The van der Waals surface area contributed by atoms with Gasteiger partial charge in [-0.25, -0.2) is 4.99 Å². The number of nitrogens with zero attached hydrogens (tertiary/aromatic N) is 1. The molecule has 4 nitrogen and oxygen atoms in total. The molecule has 0 fully saturated rings. The van der Waals surface area contributed by atoms with E-state index in [0.29, 0.717) is 5.71 Å². The van der Waals surface area contributed by atoms with Crippen LogP contribution in [0.2, 0.25) is 5.82 Å². The molecule has 11 heavy (non-hydrogen) atoms. The third-order valence-electron chi connectivity index (χ3n) is 1.44. The monoisotopic (exact) mass is 153 g/mol. The fraction of sp³-hybridized carbons (Fsp3) is 0.333. The number of aliphatic imine (C=N–C) groups is 1. The van der Waals surface area contributed by atoms with Crippen molar-refractivity contribution in [1.29, 1.82) is 0 Å². The molecule has 1 atom stereocenters. The summed E-state index contributed by atoms with van der Waals surface area (Å²) in [6.07, 6.45) is 3.03. The van der Waals surface area contributed by atoms with Gasteiger partial charge in [-0.15, -0.1) is 0 Å². The molecule has 0 aromatic rings. The number of amides is 1. The van der Waals surface area contributed by atoms with Gasteiger partial charge in [-0.3, -0.25) is 4.79 Å². The highest BCUT2D eigenvalue weighted by Gasteiger charge is 2.29. The van der Waals surface area contributed by atoms with Crippen molar-refractivity contribution in [1.82, 2.24) is 0 Å². The van der Waals surface area contributed by atoms with E-state index in [2.05, 4.69) is 4.99 Å². The van der Waals surface area contributed by atoms with Crippen molar-refractivity contribution in [2.24, 2.45) is 4.99 Å². The fourth-order valence-electron chi connectivity index (χ4n) is 0.838. The van der Waals surface area contributed by atoms with Gasteiger partial charge in [0, 0.05) is 5.71 Å². The molecular formula is C6H8BNO3. The first-order valence-electron chi connectivity index (χ1n) is 3.25. The number of dihydropyridines is 1. The number of hydrogen-bond donors (Lipinski definition) is 2. The molecule has 0 saturated heterocycles. The Balaban J connectivity index is 2.77. The first-order chi connectivity index (χ1) is 5.11. The first-order valence-corrected chi connectivity index (χ1v) is 3.25. The molecule has 2 N–H and O–H groups in total. The standard InChI is InChI=1S/C6H8BNO3/c1-4-2-3-5(7(10)11)6(9)8-4/h2-3,5,10-11H,1H3. The Kier molecular flexibility index (Phi) is 2.21. The van der Waals surface area contributed by atoms with Crippen molar-refractivity contribution in [3.8, 4) is 0 Å². The van der Waals surface area contributed by atoms with Crippen LogP contribution in [0.3, 0.4) is 0 Å². The summed E-state index contributed by atoms with van der Waals surface area (Å²) in [4.78, 5) is 14.4. The van der Waals surface area contributed by atoms with Crippen molar-refractivity contribution in [2.75, 3.05) is 0 Å². The van der Waals surface area contributed by atoms with Gasteiger partial charge in [0.15, 0.2) is 0 Å². The Morgan fingerprint density at radius 1 is 1.64 bits per heavy atom. The van der Waals surface area contributed by atoms with E-state index in [4.69, 9.17) is 10.0 Å². The van der Waals surface area contributed by atoms with E-state index >= 15 is 0 Å². The highest BCUT2D eigenvalue weighted by molar-refractivity contribution is 6.50. The zero-order valence-electron chi connectivity index (χ0n) is 6.06. The van der Waals surface area contributed by atoms with Gasteiger partial charge in [0.25, 0.3) is 5.91 Å². The van der Waals surface area contributed by atoms with Crippen LogP contribution in [-0.4, -0.2) is 28.8 Å². The molecule has 1 aliphatic rings. The summed E-state index contributed by atoms with van der Waals surface area (Å²) in [7, 11) is -1.64. The van der Waals surface area contributed by atoms with Crippen molar-refractivity contribution in [3.63, 3.8) is 0 Å². The lowest BCUT2D eigenvalue weighted by Gasteiger charge is -2.10. The zero-order chi connectivity index (χ0) is 8.43. The van der Waals surface area contributed by atoms with Gasteiger partial charge in [0.2, 0.25) is 0 Å². The van der Waals surface area contributed by atoms with Crippen LogP contribution in [-0.2, 0) is 4.79 Å². The molecule has 0 bridgehead atoms. The van der Waals surface area contributed by atoms with Crippen LogP contribution >= 0.6 is 0 Å². The van der Waals surface area contributed by atoms with E-state index < -0.39 is 18.8 Å². The summed E-state index contributed by atoms with van der Waals surface area (Å²) < 4.78 is 0. The van der Waals surface area contributed by atoms with Gasteiger partial charge in [-0.2, -0.15) is 0 Å². The van der Waals surface area contributed by atoms with Gasteiger partial charge in [0.05, 0.1) is 5.82 Å². The van der Waals surface area contributed by atoms with Crippen LogP contribution in [0.25, 0.3) is 0 Å². The first kappa shape index (κ1) is 8.16. The summed E-state index contributed by atoms with van der Waals surface area (Å²) in [5.74, 6) is -1.39. The average molecular weight is 153 g/mol. The summed E-state index contributed by atoms with van der Waals surface area (Å²) in [5.41, 5.74) is 0.590. The van der Waals surface area contributed by atoms with E-state index in [0.717, 1.165) is 0 Å². The van der Waals surface area contributed by atoms with Crippen LogP contribution in [0.1, 0.15) is 6.92 Å². The minimum absolute atomic E-state index is 0.500. The molecule has 0 radical (unpaired) electrons. The molecule has 1 amide bonds. The lowest BCUT2D eigenvalue weighted by molar-refractivity contribution is -0.117. The van der Waals surface area contributed by atoms with Gasteiger partial charge in [-0.1, -0.05) is 6.08 Å². The minimum atomic E-state index is -1.64. The number of carbonyl (C=O) groups is 1. The highest BCUT2D eigenvalue weighted by Crippen LogP contribution is 2.15. The van der Waals surface area contributed by atoms with E-state index in [1.165, 1.54) is 6.08 Å². The molecule has 58 valence electrons. The molecule has 5 heteroatoms. The maximum Gasteiger partial charge on any atom is 0.468 e. The minimum Gasteiger partial charge on any atom is -0.426 e. The highest BCUT2D eigenvalue weighted by atomic mass is 16.4. The van der Waals surface area contributed by atoms with Crippen molar-refractivity contribution in [3.05, 3.63) is 12.2 Å². The van der Waals surface area contributed by atoms with Gasteiger partial charge < -0.3 is 10.0 Å². The van der Waals surface area contributed by atoms with Crippen LogP contribution < -0.4 is 0 Å². The molecule has 0 saturated carbocycles.